The van der Waals surface area contributed by atoms with Crippen molar-refractivity contribution in [3.05, 3.63) is 71.0 Å². The second-order valence-corrected chi connectivity index (χ2v) is 9.28. The molecule has 1 heterocycles. The van der Waals surface area contributed by atoms with E-state index in [-0.39, 0.29) is 5.41 Å². The number of aliphatic hydroxyl groups is 1. The molecule has 4 nitrogen and oxygen atoms in total. The Morgan fingerprint density at radius 3 is 2.74 bits per heavy atom. The maximum atomic E-state index is 11.1. The Morgan fingerprint density at radius 2 is 2.00 bits per heavy atom. The van der Waals surface area contributed by atoms with Crippen LogP contribution < -0.4 is 0 Å². The van der Waals surface area contributed by atoms with E-state index in [9.17, 15) is 5.11 Å². The van der Waals surface area contributed by atoms with Gasteiger partial charge in [0, 0.05) is 11.0 Å². The molecular weight excluding hydrogens is 382 g/mol. The highest BCUT2D eigenvalue weighted by Crippen LogP contribution is 2.54. The van der Waals surface area contributed by atoms with Crippen molar-refractivity contribution in [2.24, 2.45) is 5.92 Å². The number of fused-ring (bicyclic) bond motifs is 3. The summed E-state index contributed by atoms with van der Waals surface area (Å²) in [5.74, 6) is 8.09. The number of nitrogens with zero attached hydrogens (tertiary/aromatic N) is 2. The van der Waals surface area contributed by atoms with Crippen LogP contribution in [0.15, 0.2) is 48.5 Å². The minimum atomic E-state index is -0.854. The van der Waals surface area contributed by atoms with Crippen molar-refractivity contribution in [1.82, 2.24) is 15.2 Å². The maximum Gasteiger partial charge on any atom is 0.181 e. The van der Waals surface area contributed by atoms with Gasteiger partial charge in [0.2, 0.25) is 0 Å². The first kappa shape index (κ1) is 20.0. The molecule has 0 bridgehead atoms. The summed E-state index contributed by atoms with van der Waals surface area (Å²) in [6.45, 7) is 3.75. The van der Waals surface area contributed by atoms with Gasteiger partial charge in [0.1, 0.15) is 11.4 Å². The largest absolute Gasteiger partial charge is 0.378 e. The Balaban J connectivity index is 1.58. The topological polar surface area (TPSA) is 61.8 Å². The van der Waals surface area contributed by atoms with Crippen LogP contribution in [0.2, 0.25) is 0 Å². The number of aryl methyl sites for hydroxylation is 2. The molecule has 3 atom stereocenters. The third kappa shape index (κ3) is 3.58. The molecule has 1 fully saturated rings. The molecule has 158 valence electrons. The van der Waals surface area contributed by atoms with E-state index in [0.717, 1.165) is 55.7 Å². The fourth-order valence-corrected chi connectivity index (χ4v) is 5.93. The van der Waals surface area contributed by atoms with Crippen molar-refractivity contribution >= 4 is 0 Å². The first-order valence-electron chi connectivity index (χ1n) is 11.2. The van der Waals surface area contributed by atoms with Gasteiger partial charge in [-0.25, -0.2) is 4.98 Å². The van der Waals surface area contributed by atoms with Crippen LogP contribution in [0.3, 0.4) is 0 Å². The maximum absolute atomic E-state index is 11.1. The van der Waals surface area contributed by atoms with E-state index < -0.39 is 5.60 Å². The van der Waals surface area contributed by atoms with Crippen LogP contribution in [0.1, 0.15) is 55.1 Å². The minimum absolute atomic E-state index is 0.0318. The normalized spacial score (nSPS) is 27.0. The van der Waals surface area contributed by atoms with E-state index in [0.29, 0.717) is 5.92 Å². The zero-order chi connectivity index (χ0) is 21.5. The molecule has 4 heteroatoms. The molecule has 0 aliphatic heterocycles. The number of benzene rings is 2. The monoisotopic (exact) mass is 411 g/mol. The molecule has 0 saturated heterocycles. The predicted octanol–water partition coefficient (Wildman–Crippen LogP) is 4.76. The standard InChI is InChI=1S/C27H29N3O/c1-3-13-26(31)14-15-27(17-20-7-5-4-6-8-20)23(18-26)11-9-21-16-22(10-12-24(21)27)25-28-19(2)29-30-25/h4-8,10,12,16,23,31H,9,11,14-15,17-18H2,1-2H3,(H,28,29,30)/t23-,26-,27+/m1/s1. The summed E-state index contributed by atoms with van der Waals surface area (Å²) in [5.41, 5.74) is 4.45. The molecule has 2 aliphatic rings. The van der Waals surface area contributed by atoms with Crippen LogP contribution in [-0.4, -0.2) is 25.9 Å². The number of aromatic nitrogens is 3. The summed E-state index contributed by atoms with van der Waals surface area (Å²) in [5, 5.41) is 18.4. The molecule has 0 radical (unpaired) electrons. The fourth-order valence-electron chi connectivity index (χ4n) is 5.93. The van der Waals surface area contributed by atoms with E-state index in [1.165, 1.54) is 16.7 Å². The van der Waals surface area contributed by atoms with Gasteiger partial charge in [0.15, 0.2) is 5.82 Å². The minimum Gasteiger partial charge on any atom is -0.378 e. The molecule has 1 saturated carbocycles. The molecule has 0 spiro atoms. The highest BCUT2D eigenvalue weighted by molar-refractivity contribution is 5.59. The number of rotatable bonds is 3. The zero-order valence-corrected chi connectivity index (χ0v) is 18.3. The summed E-state index contributed by atoms with van der Waals surface area (Å²) in [6.07, 6.45) is 5.51. The lowest BCUT2D eigenvalue weighted by atomic mass is 9.52. The molecule has 2 aliphatic carbocycles. The number of aromatic amines is 1. The molecule has 2 aromatic carbocycles. The molecule has 3 aromatic rings. The Hall–Kier alpha value is -2.90. The molecule has 1 aromatic heterocycles. The average molecular weight is 412 g/mol. The van der Waals surface area contributed by atoms with Crippen molar-refractivity contribution in [1.29, 1.82) is 0 Å². The van der Waals surface area contributed by atoms with Crippen molar-refractivity contribution in [2.75, 3.05) is 0 Å². The third-order valence-electron chi connectivity index (χ3n) is 7.33. The Morgan fingerprint density at radius 1 is 1.16 bits per heavy atom. The number of H-pyrrole nitrogens is 1. The lowest BCUT2D eigenvalue weighted by Crippen LogP contribution is -2.50. The SMILES string of the molecule is CC#C[C@@]1(O)CC[C@@]2(Cc3ccccc3)c3ccc(-c4n[nH]c(C)n4)cc3CC[C@@H]2C1. The summed E-state index contributed by atoms with van der Waals surface area (Å²) < 4.78 is 0. The average Bonchev–Trinajstić information content (AvgIpc) is 3.21. The summed E-state index contributed by atoms with van der Waals surface area (Å²) in [4.78, 5) is 4.52. The van der Waals surface area contributed by atoms with Crippen LogP contribution in [0.5, 0.6) is 0 Å². The Bertz CT molecular complexity index is 1160. The van der Waals surface area contributed by atoms with Crippen LogP contribution in [0, 0.1) is 24.7 Å². The van der Waals surface area contributed by atoms with E-state index in [1.54, 1.807) is 0 Å². The summed E-state index contributed by atoms with van der Waals surface area (Å²) >= 11 is 0. The van der Waals surface area contributed by atoms with Crippen molar-refractivity contribution < 1.29 is 5.11 Å². The molecule has 2 N–H and O–H groups in total. The van der Waals surface area contributed by atoms with E-state index in [1.807, 2.05) is 13.8 Å². The van der Waals surface area contributed by atoms with Gasteiger partial charge in [-0.3, -0.25) is 5.10 Å². The van der Waals surface area contributed by atoms with Gasteiger partial charge in [-0.2, -0.15) is 5.10 Å². The highest BCUT2D eigenvalue weighted by Gasteiger charge is 2.51. The van der Waals surface area contributed by atoms with Gasteiger partial charge in [-0.1, -0.05) is 48.4 Å². The van der Waals surface area contributed by atoms with Crippen molar-refractivity contribution in [2.45, 2.75) is 63.4 Å². The predicted molar refractivity (Wildman–Crippen MR) is 122 cm³/mol. The van der Waals surface area contributed by atoms with E-state index in [4.69, 9.17) is 0 Å². The highest BCUT2D eigenvalue weighted by atomic mass is 16.3. The fraction of sp³-hybridized carbons (Fsp3) is 0.407. The van der Waals surface area contributed by atoms with Crippen LogP contribution in [0.4, 0.5) is 0 Å². The van der Waals surface area contributed by atoms with Gasteiger partial charge in [0.05, 0.1) is 0 Å². The number of hydrogen-bond donors (Lipinski definition) is 2. The van der Waals surface area contributed by atoms with Gasteiger partial charge >= 0.3 is 0 Å². The quantitative estimate of drug-likeness (QED) is 0.611. The lowest BCUT2D eigenvalue weighted by molar-refractivity contribution is -0.00800. The van der Waals surface area contributed by atoms with E-state index in [2.05, 4.69) is 75.6 Å². The van der Waals surface area contributed by atoms with Crippen LogP contribution >= 0.6 is 0 Å². The summed E-state index contributed by atoms with van der Waals surface area (Å²) in [6, 6.07) is 17.6. The van der Waals surface area contributed by atoms with Gasteiger partial charge in [-0.05, 0) is 81.0 Å². The molecule has 0 amide bonds. The van der Waals surface area contributed by atoms with E-state index >= 15 is 0 Å². The molecule has 5 rings (SSSR count). The number of nitrogens with one attached hydrogen (secondary N) is 1. The molecule has 31 heavy (non-hydrogen) atoms. The smallest absolute Gasteiger partial charge is 0.181 e. The Labute approximate surface area is 184 Å². The molecular formula is C27H29N3O. The van der Waals surface area contributed by atoms with Crippen LogP contribution in [0.25, 0.3) is 11.4 Å². The first-order chi connectivity index (χ1) is 15.0. The molecule has 0 unspecified atom stereocenters. The zero-order valence-electron chi connectivity index (χ0n) is 18.3. The Kier molecular flexibility index (Phi) is 4.95. The lowest BCUT2D eigenvalue weighted by Gasteiger charge is -2.52. The van der Waals surface area contributed by atoms with Crippen molar-refractivity contribution in [3.8, 4) is 23.2 Å². The number of hydrogen-bond acceptors (Lipinski definition) is 3. The van der Waals surface area contributed by atoms with Gasteiger partial charge < -0.3 is 5.11 Å². The summed E-state index contributed by atoms with van der Waals surface area (Å²) in [7, 11) is 0. The van der Waals surface area contributed by atoms with Gasteiger partial charge in [-0.15, -0.1) is 5.92 Å². The second kappa shape index (κ2) is 7.66. The van der Waals surface area contributed by atoms with Crippen LogP contribution in [-0.2, 0) is 18.3 Å². The third-order valence-corrected chi connectivity index (χ3v) is 7.33. The van der Waals surface area contributed by atoms with Gasteiger partial charge in [0.25, 0.3) is 0 Å². The first-order valence-corrected chi connectivity index (χ1v) is 11.2. The van der Waals surface area contributed by atoms with Crippen molar-refractivity contribution in [3.63, 3.8) is 0 Å². The second-order valence-electron chi connectivity index (χ2n) is 9.28.